The molecular formula is C13H18BrN3O3. The molecule has 0 saturated carbocycles. The maximum Gasteiger partial charge on any atom is 0.315 e. The molecule has 0 radical (unpaired) electrons. The highest BCUT2D eigenvalue weighted by atomic mass is 79.9. The van der Waals surface area contributed by atoms with E-state index in [9.17, 15) is 9.59 Å². The van der Waals surface area contributed by atoms with Crippen molar-refractivity contribution in [3.8, 4) is 0 Å². The highest BCUT2D eigenvalue weighted by Crippen LogP contribution is 2.07. The number of hydrogen-bond donors (Lipinski definition) is 3. The van der Waals surface area contributed by atoms with E-state index in [4.69, 9.17) is 4.42 Å². The molecular weight excluding hydrogens is 326 g/mol. The molecule has 1 rings (SSSR count). The summed E-state index contributed by atoms with van der Waals surface area (Å²) in [6.07, 6.45) is 2.11. The van der Waals surface area contributed by atoms with Gasteiger partial charge in [0, 0.05) is 23.1 Å². The lowest BCUT2D eigenvalue weighted by atomic mass is 10.2. The van der Waals surface area contributed by atoms with Crippen molar-refractivity contribution >= 4 is 27.9 Å². The van der Waals surface area contributed by atoms with Crippen LogP contribution in [-0.4, -0.2) is 31.6 Å². The van der Waals surface area contributed by atoms with Crippen LogP contribution in [0.1, 0.15) is 22.5 Å². The molecule has 110 valence electrons. The number of carbonyl (C=O) groups excluding carboxylic acids is 2. The topological polar surface area (TPSA) is 83.4 Å². The average Bonchev–Trinajstić information content (AvgIpc) is 2.82. The largest absolute Gasteiger partial charge is 0.459 e. The number of urea groups is 1. The monoisotopic (exact) mass is 343 g/mol. The summed E-state index contributed by atoms with van der Waals surface area (Å²) in [6, 6.07) is 1.47. The Labute approximate surface area is 126 Å². The molecule has 0 aromatic carbocycles. The molecule has 3 N–H and O–H groups in total. The summed E-state index contributed by atoms with van der Waals surface area (Å²) in [4.78, 5) is 23.0. The van der Waals surface area contributed by atoms with Crippen LogP contribution < -0.4 is 16.0 Å². The van der Waals surface area contributed by atoms with Gasteiger partial charge in [0.15, 0.2) is 5.76 Å². The fraction of sp³-hybridized carbons (Fsp3) is 0.385. The number of amides is 3. The predicted octanol–water partition coefficient (Wildman–Crippen LogP) is 1.92. The van der Waals surface area contributed by atoms with Crippen molar-refractivity contribution in [2.45, 2.75) is 13.3 Å². The van der Waals surface area contributed by atoms with Gasteiger partial charge in [0.25, 0.3) is 5.91 Å². The third kappa shape index (κ3) is 5.92. The second-order valence-electron chi connectivity index (χ2n) is 4.17. The van der Waals surface area contributed by atoms with Gasteiger partial charge >= 0.3 is 6.03 Å². The molecule has 0 aliphatic heterocycles. The van der Waals surface area contributed by atoms with Gasteiger partial charge in [-0.25, -0.2) is 4.79 Å². The van der Waals surface area contributed by atoms with E-state index < -0.39 is 0 Å². The fourth-order valence-electron chi connectivity index (χ4n) is 1.42. The molecule has 0 bridgehead atoms. The molecule has 3 amide bonds. The molecule has 0 saturated heterocycles. The lowest BCUT2D eigenvalue weighted by Crippen LogP contribution is -2.37. The Bertz CT molecular complexity index is 485. The van der Waals surface area contributed by atoms with E-state index >= 15 is 0 Å². The van der Waals surface area contributed by atoms with Crippen LogP contribution in [0.2, 0.25) is 0 Å². The van der Waals surface area contributed by atoms with Crippen LogP contribution >= 0.6 is 15.9 Å². The van der Waals surface area contributed by atoms with Crippen molar-refractivity contribution in [3.63, 3.8) is 0 Å². The van der Waals surface area contributed by atoms with E-state index in [1.807, 2.05) is 6.92 Å². The number of halogens is 1. The van der Waals surface area contributed by atoms with Crippen LogP contribution in [-0.2, 0) is 0 Å². The first kappa shape index (κ1) is 16.3. The number of carbonyl (C=O) groups is 2. The molecule has 1 aromatic rings. The van der Waals surface area contributed by atoms with Gasteiger partial charge < -0.3 is 20.4 Å². The van der Waals surface area contributed by atoms with E-state index in [1.165, 1.54) is 6.26 Å². The summed E-state index contributed by atoms with van der Waals surface area (Å²) in [5.41, 5.74) is 0.801. The molecule has 0 aliphatic rings. The molecule has 0 fully saturated rings. The SMILES string of the molecule is C=C(Br)CNC(=O)NCCCNC(=O)c1occc1C. The van der Waals surface area contributed by atoms with Crippen LogP contribution in [0.15, 0.2) is 27.8 Å². The fourth-order valence-corrected chi connectivity index (χ4v) is 1.56. The van der Waals surface area contributed by atoms with Gasteiger partial charge in [-0.2, -0.15) is 0 Å². The maximum absolute atomic E-state index is 11.7. The number of furan rings is 1. The number of aryl methyl sites for hydroxylation is 1. The molecule has 20 heavy (non-hydrogen) atoms. The number of rotatable bonds is 7. The summed E-state index contributed by atoms with van der Waals surface area (Å²) in [5.74, 6) is 0.0825. The first-order chi connectivity index (χ1) is 9.50. The third-order valence-corrected chi connectivity index (χ3v) is 2.71. The Morgan fingerprint density at radius 2 is 2.00 bits per heavy atom. The minimum atomic E-state index is -0.265. The van der Waals surface area contributed by atoms with E-state index in [-0.39, 0.29) is 11.9 Å². The summed E-state index contributed by atoms with van der Waals surface area (Å²) >= 11 is 3.14. The van der Waals surface area contributed by atoms with Crippen LogP contribution in [0.3, 0.4) is 0 Å². The van der Waals surface area contributed by atoms with Crippen LogP contribution in [0, 0.1) is 6.92 Å². The molecule has 1 aromatic heterocycles. The van der Waals surface area contributed by atoms with Gasteiger partial charge in [0.2, 0.25) is 0 Å². The first-order valence-corrected chi connectivity index (χ1v) is 6.97. The molecule has 0 spiro atoms. The molecule has 7 heteroatoms. The summed E-state index contributed by atoms with van der Waals surface area (Å²) in [6.45, 7) is 6.72. The van der Waals surface area contributed by atoms with E-state index in [0.717, 1.165) is 5.56 Å². The van der Waals surface area contributed by atoms with E-state index in [1.54, 1.807) is 6.07 Å². The van der Waals surface area contributed by atoms with Crippen LogP contribution in [0.25, 0.3) is 0 Å². The Morgan fingerprint density at radius 3 is 2.60 bits per heavy atom. The third-order valence-electron chi connectivity index (χ3n) is 2.43. The summed E-state index contributed by atoms with van der Waals surface area (Å²) in [7, 11) is 0. The standard InChI is InChI=1S/C13H18BrN3O3/c1-9-4-7-20-11(9)12(18)15-5-3-6-16-13(19)17-8-10(2)14/h4,7H,2-3,5-6,8H2,1H3,(H,15,18)(H2,16,17,19). The van der Waals surface area contributed by atoms with Gasteiger partial charge in [-0.3, -0.25) is 4.79 Å². The second kappa shape index (κ2) is 8.42. The average molecular weight is 344 g/mol. The molecule has 0 unspecified atom stereocenters. The van der Waals surface area contributed by atoms with E-state index in [0.29, 0.717) is 36.3 Å². The highest BCUT2D eigenvalue weighted by molar-refractivity contribution is 9.11. The lowest BCUT2D eigenvalue weighted by molar-refractivity contribution is 0.0925. The zero-order chi connectivity index (χ0) is 15.0. The van der Waals surface area contributed by atoms with Gasteiger partial charge in [-0.1, -0.05) is 22.5 Å². The van der Waals surface area contributed by atoms with Gasteiger partial charge in [0.1, 0.15) is 0 Å². The molecule has 6 nitrogen and oxygen atoms in total. The highest BCUT2D eigenvalue weighted by Gasteiger charge is 2.11. The summed E-state index contributed by atoms with van der Waals surface area (Å²) in [5, 5.41) is 8.01. The zero-order valence-electron chi connectivity index (χ0n) is 11.3. The van der Waals surface area contributed by atoms with Crippen LogP contribution in [0.5, 0.6) is 0 Å². The van der Waals surface area contributed by atoms with Crippen molar-refractivity contribution in [1.82, 2.24) is 16.0 Å². The minimum Gasteiger partial charge on any atom is -0.459 e. The first-order valence-electron chi connectivity index (χ1n) is 6.18. The smallest absolute Gasteiger partial charge is 0.315 e. The lowest BCUT2D eigenvalue weighted by Gasteiger charge is -2.07. The number of nitrogens with one attached hydrogen (secondary N) is 3. The Hall–Kier alpha value is -1.76. The van der Waals surface area contributed by atoms with Gasteiger partial charge in [-0.05, 0) is 19.4 Å². The van der Waals surface area contributed by atoms with Crippen molar-refractivity contribution in [1.29, 1.82) is 0 Å². The van der Waals surface area contributed by atoms with Gasteiger partial charge in [0.05, 0.1) is 12.8 Å². The molecule has 0 aliphatic carbocycles. The molecule has 0 atom stereocenters. The second-order valence-corrected chi connectivity index (χ2v) is 5.29. The van der Waals surface area contributed by atoms with Crippen molar-refractivity contribution in [3.05, 3.63) is 34.7 Å². The maximum atomic E-state index is 11.7. The normalized spacial score (nSPS) is 9.90. The molecule has 1 heterocycles. The van der Waals surface area contributed by atoms with Crippen molar-refractivity contribution < 1.29 is 14.0 Å². The Morgan fingerprint density at radius 1 is 1.30 bits per heavy atom. The quantitative estimate of drug-likeness (QED) is 0.661. The van der Waals surface area contributed by atoms with Gasteiger partial charge in [-0.15, -0.1) is 0 Å². The number of hydrogen-bond acceptors (Lipinski definition) is 3. The predicted molar refractivity (Wildman–Crippen MR) is 79.9 cm³/mol. The van der Waals surface area contributed by atoms with Crippen molar-refractivity contribution in [2.24, 2.45) is 0 Å². The zero-order valence-corrected chi connectivity index (χ0v) is 12.9. The summed E-state index contributed by atoms with van der Waals surface area (Å²) < 4.78 is 5.77. The van der Waals surface area contributed by atoms with Crippen molar-refractivity contribution in [2.75, 3.05) is 19.6 Å². The minimum absolute atomic E-state index is 0.243. The van der Waals surface area contributed by atoms with Crippen LogP contribution in [0.4, 0.5) is 4.79 Å². The van der Waals surface area contributed by atoms with E-state index in [2.05, 4.69) is 38.5 Å². The Kier molecular flexibility index (Phi) is 6.86. The Balaban J connectivity index is 2.10.